The number of carboxylic acids is 2. The van der Waals surface area contributed by atoms with Crippen molar-refractivity contribution in [1.29, 1.82) is 0 Å². The molecule has 0 aliphatic carbocycles. The Labute approximate surface area is 117 Å². The second-order valence-electron chi connectivity index (χ2n) is 3.81. The van der Waals surface area contributed by atoms with E-state index in [1.165, 1.54) is 6.21 Å². The Morgan fingerprint density at radius 2 is 1.75 bits per heavy atom. The molecule has 0 fully saturated rings. The van der Waals surface area contributed by atoms with Crippen LogP contribution in [-0.4, -0.2) is 58.8 Å². The molecule has 0 saturated carbocycles. The first-order chi connectivity index (χ1) is 9.29. The lowest BCUT2D eigenvalue weighted by Crippen LogP contribution is -2.32. The number of aliphatic hydroxyl groups is 1. The van der Waals surface area contributed by atoms with Crippen LogP contribution in [0.4, 0.5) is 0 Å². The minimum atomic E-state index is -1.26. The van der Waals surface area contributed by atoms with Crippen molar-refractivity contribution in [1.82, 2.24) is 5.32 Å². The van der Waals surface area contributed by atoms with Crippen LogP contribution in [0.5, 0.6) is 0 Å². The first-order valence-electron chi connectivity index (χ1n) is 6.00. The van der Waals surface area contributed by atoms with E-state index in [1.54, 1.807) is 0 Å². The van der Waals surface area contributed by atoms with E-state index < -0.39 is 18.0 Å². The topological polar surface area (TPSA) is 128 Å². The average Bonchev–Trinajstić information content (AvgIpc) is 2.35. The largest absolute Gasteiger partial charge is 0.478 e. The number of hydrogen-bond donors (Lipinski definition) is 4. The normalized spacial score (nSPS) is 12.2. The number of oxime groups is 1. The summed E-state index contributed by atoms with van der Waals surface area (Å²) < 4.78 is 0. The number of nitrogens with zero attached hydrogens (tertiary/aromatic N) is 1. The maximum atomic E-state index is 9.55. The minimum absolute atomic E-state index is 0.375. The van der Waals surface area contributed by atoms with E-state index in [2.05, 4.69) is 10.5 Å². The molecule has 1 atom stereocenters. The molecular formula is C12H22N2O6. The van der Waals surface area contributed by atoms with Crippen LogP contribution in [0.2, 0.25) is 0 Å². The molecule has 8 heteroatoms. The van der Waals surface area contributed by atoms with Crippen LogP contribution in [0, 0.1) is 0 Å². The van der Waals surface area contributed by atoms with Gasteiger partial charge in [0, 0.05) is 24.7 Å². The van der Waals surface area contributed by atoms with Gasteiger partial charge in [-0.05, 0) is 6.92 Å². The van der Waals surface area contributed by atoms with E-state index >= 15 is 0 Å². The monoisotopic (exact) mass is 290 g/mol. The summed E-state index contributed by atoms with van der Waals surface area (Å²) in [6.07, 6.45) is 1.93. The predicted octanol–water partition coefficient (Wildman–Crippen LogP) is 0.0794. The molecule has 4 N–H and O–H groups in total. The van der Waals surface area contributed by atoms with E-state index in [0.29, 0.717) is 31.3 Å². The van der Waals surface area contributed by atoms with E-state index in [4.69, 9.17) is 15.1 Å². The van der Waals surface area contributed by atoms with Gasteiger partial charge in [-0.2, -0.15) is 0 Å². The smallest absolute Gasteiger partial charge is 0.328 e. The van der Waals surface area contributed by atoms with Gasteiger partial charge < -0.3 is 25.5 Å². The van der Waals surface area contributed by atoms with Gasteiger partial charge in [-0.15, -0.1) is 0 Å². The van der Waals surface area contributed by atoms with Crippen molar-refractivity contribution in [3.8, 4) is 0 Å². The molecule has 0 aromatic rings. The van der Waals surface area contributed by atoms with E-state index in [1.807, 2.05) is 20.8 Å². The fraction of sp³-hybridized carbons (Fsp3) is 0.583. The van der Waals surface area contributed by atoms with Crippen LogP contribution < -0.4 is 5.32 Å². The SMILES string of the molecule is CCO/N=C/C(O)CNC(C)C.O=C(O)/C=C/C(=O)O. The van der Waals surface area contributed by atoms with E-state index in [-0.39, 0.29) is 0 Å². The van der Waals surface area contributed by atoms with Crippen molar-refractivity contribution < 1.29 is 29.7 Å². The number of carboxylic acid groups (broad SMARTS) is 2. The summed E-state index contributed by atoms with van der Waals surface area (Å²) in [6.45, 7) is 6.92. The molecule has 0 aliphatic rings. The third kappa shape index (κ3) is 21.4. The number of aliphatic carboxylic acids is 2. The van der Waals surface area contributed by atoms with Crippen molar-refractivity contribution >= 4 is 18.2 Å². The van der Waals surface area contributed by atoms with Crippen LogP contribution in [0.1, 0.15) is 20.8 Å². The minimum Gasteiger partial charge on any atom is -0.478 e. The quantitative estimate of drug-likeness (QED) is 0.283. The molecule has 0 rings (SSSR count). The Kier molecular flexibility index (Phi) is 13.8. The molecule has 1 unspecified atom stereocenters. The number of nitrogens with one attached hydrogen (secondary N) is 1. The number of rotatable bonds is 8. The lowest BCUT2D eigenvalue weighted by Gasteiger charge is -2.09. The second-order valence-corrected chi connectivity index (χ2v) is 3.81. The van der Waals surface area contributed by atoms with Crippen LogP contribution >= 0.6 is 0 Å². The van der Waals surface area contributed by atoms with Crippen LogP contribution in [-0.2, 0) is 14.4 Å². The molecule has 0 aromatic carbocycles. The number of hydrogen-bond acceptors (Lipinski definition) is 6. The second kappa shape index (κ2) is 13.5. The maximum Gasteiger partial charge on any atom is 0.328 e. The molecular weight excluding hydrogens is 268 g/mol. The van der Waals surface area contributed by atoms with Gasteiger partial charge in [0.25, 0.3) is 0 Å². The Morgan fingerprint density at radius 3 is 2.10 bits per heavy atom. The Balaban J connectivity index is 0. The number of aliphatic hydroxyl groups excluding tert-OH is 1. The fourth-order valence-electron chi connectivity index (χ4n) is 0.740. The van der Waals surface area contributed by atoms with Gasteiger partial charge in [0.15, 0.2) is 0 Å². The zero-order valence-corrected chi connectivity index (χ0v) is 11.8. The zero-order valence-electron chi connectivity index (χ0n) is 11.8. The molecule has 0 bridgehead atoms. The van der Waals surface area contributed by atoms with Gasteiger partial charge in [0.2, 0.25) is 0 Å². The standard InChI is InChI=1S/C8H18N2O2.C4H4O4/c1-4-12-10-6-8(11)5-9-7(2)3;5-3(6)1-2-4(7)8/h6-9,11H,4-5H2,1-3H3;1-2H,(H,5,6)(H,7,8)/b10-6+;2-1+. The summed E-state index contributed by atoms with van der Waals surface area (Å²) in [6, 6.07) is 0.375. The molecule has 0 spiro atoms. The summed E-state index contributed by atoms with van der Waals surface area (Å²) in [5.41, 5.74) is 0. The molecule has 8 nitrogen and oxygen atoms in total. The molecule has 0 radical (unpaired) electrons. The highest BCUT2D eigenvalue weighted by Crippen LogP contribution is 1.81. The molecule has 20 heavy (non-hydrogen) atoms. The Morgan fingerprint density at radius 1 is 1.25 bits per heavy atom. The molecule has 0 heterocycles. The van der Waals surface area contributed by atoms with Gasteiger partial charge in [-0.1, -0.05) is 19.0 Å². The zero-order chi connectivity index (χ0) is 16.0. The summed E-state index contributed by atoms with van der Waals surface area (Å²) in [5, 5.41) is 31.5. The van der Waals surface area contributed by atoms with Gasteiger partial charge in [0.1, 0.15) is 12.7 Å². The van der Waals surface area contributed by atoms with Gasteiger partial charge in [-0.3, -0.25) is 0 Å². The molecule has 0 aromatic heterocycles. The highest BCUT2D eigenvalue weighted by molar-refractivity contribution is 5.89. The summed E-state index contributed by atoms with van der Waals surface area (Å²) in [4.78, 5) is 23.8. The first kappa shape index (κ1) is 20.4. The van der Waals surface area contributed by atoms with Crippen molar-refractivity contribution in [2.75, 3.05) is 13.2 Å². The van der Waals surface area contributed by atoms with Crippen molar-refractivity contribution in [3.05, 3.63) is 12.2 Å². The molecule has 116 valence electrons. The molecule has 0 amide bonds. The maximum absolute atomic E-state index is 9.55. The predicted molar refractivity (Wildman–Crippen MR) is 73.7 cm³/mol. The highest BCUT2D eigenvalue weighted by Gasteiger charge is 2.00. The Bertz CT molecular complexity index is 312. The number of carbonyl (C=O) groups is 2. The first-order valence-corrected chi connectivity index (χ1v) is 6.00. The fourth-order valence-corrected chi connectivity index (χ4v) is 0.740. The third-order valence-corrected chi connectivity index (χ3v) is 1.54. The Hall–Kier alpha value is -1.93. The van der Waals surface area contributed by atoms with Gasteiger partial charge in [-0.25, -0.2) is 9.59 Å². The van der Waals surface area contributed by atoms with Crippen molar-refractivity contribution in [2.45, 2.75) is 32.9 Å². The highest BCUT2D eigenvalue weighted by atomic mass is 16.6. The lowest BCUT2D eigenvalue weighted by atomic mass is 10.3. The van der Waals surface area contributed by atoms with Gasteiger partial charge >= 0.3 is 11.9 Å². The summed E-state index contributed by atoms with van der Waals surface area (Å²) in [5.74, 6) is -2.51. The van der Waals surface area contributed by atoms with Crippen molar-refractivity contribution in [3.63, 3.8) is 0 Å². The van der Waals surface area contributed by atoms with Gasteiger partial charge in [0.05, 0.1) is 6.21 Å². The molecule has 0 saturated heterocycles. The van der Waals surface area contributed by atoms with E-state index in [0.717, 1.165) is 0 Å². The van der Waals surface area contributed by atoms with Crippen molar-refractivity contribution in [2.24, 2.45) is 5.16 Å². The third-order valence-electron chi connectivity index (χ3n) is 1.54. The van der Waals surface area contributed by atoms with Crippen LogP contribution in [0.25, 0.3) is 0 Å². The summed E-state index contributed by atoms with van der Waals surface area (Å²) in [7, 11) is 0. The van der Waals surface area contributed by atoms with Crippen LogP contribution in [0.3, 0.4) is 0 Å². The van der Waals surface area contributed by atoms with E-state index in [9.17, 15) is 14.7 Å². The molecule has 0 aliphatic heterocycles. The lowest BCUT2D eigenvalue weighted by molar-refractivity contribution is -0.134. The summed E-state index contributed by atoms with van der Waals surface area (Å²) >= 11 is 0. The average molecular weight is 290 g/mol. The van der Waals surface area contributed by atoms with Crippen LogP contribution in [0.15, 0.2) is 17.3 Å².